The number of amides is 1. The molecule has 4 aliphatic rings. The molecule has 4 aliphatic carbocycles. The number of nitro benzene ring substituents is 1. The first-order valence-electron chi connectivity index (χ1n) is 8.61. The van der Waals surface area contributed by atoms with Crippen molar-refractivity contribution in [2.45, 2.75) is 44.1 Å². The number of nitro groups is 1. The summed E-state index contributed by atoms with van der Waals surface area (Å²) in [6.07, 6.45) is 4.52. The number of nitrogens with zero attached hydrogens (tertiary/aromatic N) is 1. The summed E-state index contributed by atoms with van der Waals surface area (Å²) >= 11 is 0. The fourth-order valence-electron chi connectivity index (χ4n) is 5.73. The molecule has 7 nitrogen and oxygen atoms in total. The zero-order valence-corrected chi connectivity index (χ0v) is 13.7. The van der Waals surface area contributed by atoms with Crippen LogP contribution < -0.4 is 5.32 Å². The van der Waals surface area contributed by atoms with Crippen molar-refractivity contribution >= 4 is 17.6 Å². The lowest BCUT2D eigenvalue weighted by Gasteiger charge is -2.60. The molecule has 1 aromatic carbocycles. The Bertz CT molecular complexity index is 760. The van der Waals surface area contributed by atoms with Crippen LogP contribution in [0.5, 0.6) is 0 Å². The number of carbonyl (C=O) groups is 2. The monoisotopic (exact) mass is 344 g/mol. The molecule has 0 saturated heterocycles. The molecule has 4 fully saturated rings. The molecule has 25 heavy (non-hydrogen) atoms. The second kappa shape index (κ2) is 5.28. The van der Waals surface area contributed by atoms with Gasteiger partial charge in [0.1, 0.15) is 0 Å². The third kappa shape index (κ3) is 2.58. The summed E-state index contributed by atoms with van der Waals surface area (Å²) in [5.74, 6) is -0.438. The van der Waals surface area contributed by atoms with Gasteiger partial charge in [-0.05, 0) is 56.4 Å². The number of hydrogen-bond donors (Lipinski definition) is 2. The van der Waals surface area contributed by atoms with E-state index in [0.29, 0.717) is 31.1 Å². The lowest BCUT2D eigenvalue weighted by molar-refractivity contribution is -0.384. The van der Waals surface area contributed by atoms with E-state index in [1.54, 1.807) is 6.07 Å². The standard InChI is InChI=1S/C18H20N2O5/c21-15(13-2-1-3-14(5-13)20(24)25)19-18-8-11-4-12(9-18)7-17(6-11,10-18)16(22)23/h1-3,5,11-12H,4,6-10H2,(H,19,21)(H,22,23). The van der Waals surface area contributed by atoms with Crippen LogP contribution in [0.2, 0.25) is 0 Å². The largest absolute Gasteiger partial charge is 0.481 e. The summed E-state index contributed by atoms with van der Waals surface area (Å²) < 4.78 is 0. The fraction of sp³-hybridized carbons (Fsp3) is 0.556. The minimum atomic E-state index is -0.754. The molecule has 4 bridgehead atoms. The number of aliphatic carboxylic acids is 1. The molecule has 7 heteroatoms. The maximum Gasteiger partial charge on any atom is 0.309 e. The van der Waals surface area contributed by atoms with Crippen molar-refractivity contribution in [1.29, 1.82) is 0 Å². The lowest BCUT2D eigenvalue weighted by atomic mass is 9.47. The van der Waals surface area contributed by atoms with E-state index in [4.69, 9.17) is 0 Å². The highest BCUT2D eigenvalue weighted by Gasteiger charge is 2.61. The summed E-state index contributed by atoms with van der Waals surface area (Å²) in [5, 5.41) is 23.7. The minimum absolute atomic E-state index is 0.125. The van der Waals surface area contributed by atoms with E-state index < -0.39 is 21.8 Å². The molecule has 1 aromatic rings. The van der Waals surface area contributed by atoms with Crippen molar-refractivity contribution in [3.63, 3.8) is 0 Å². The van der Waals surface area contributed by atoms with Crippen LogP contribution in [-0.2, 0) is 4.79 Å². The van der Waals surface area contributed by atoms with Crippen LogP contribution >= 0.6 is 0 Å². The van der Waals surface area contributed by atoms with E-state index in [0.717, 1.165) is 19.3 Å². The number of benzene rings is 1. The Hall–Kier alpha value is -2.44. The van der Waals surface area contributed by atoms with Gasteiger partial charge in [-0.1, -0.05) is 6.07 Å². The van der Waals surface area contributed by atoms with Gasteiger partial charge in [0.2, 0.25) is 0 Å². The molecule has 5 rings (SSSR count). The third-order valence-electron chi connectivity index (χ3n) is 6.21. The summed E-state index contributed by atoms with van der Waals surface area (Å²) in [7, 11) is 0. The molecular formula is C18H20N2O5. The molecule has 2 unspecified atom stereocenters. The highest BCUT2D eigenvalue weighted by Crippen LogP contribution is 2.61. The number of carboxylic acid groups (broad SMARTS) is 1. The van der Waals surface area contributed by atoms with E-state index in [-0.39, 0.29) is 17.2 Å². The van der Waals surface area contributed by atoms with Gasteiger partial charge in [-0.2, -0.15) is 0 Å². The second-order valence-corrected chi connectivity index (χ2v) is 8.09. The molecule has 1 amide bonds. The van der Waals surface area contributed by atoms with Crippen molar-refractivity contribution in [3.8, 4) is 0 Å². The zero-order valence-electron chi connectivity index (χ0n) is 13.7. The summed E-state index contributed by atoms with van der Waals surface area (Å²) in [4.78, 5) is 35.0. The molecule has 0 spiro atoms. The maximum atomic E-state index is 12.7. The quantitative estimate of drug-likeness (QED) is 0.645. The van der Waals surface area contributed by atoms with Gasteiger partial charge in [0.05, 0.1) is 10.3 Å². The first kappa shape index (κ1) is 16.1. The molecule has 0 aromatic heterocycles. The van der Waals surface area contributed by atoms with Crippen LogP contribution in [0.15, 0.2) is 24.3 Å². The van der Waals surface area contributed by atoms with Crippen molar-refractivity contribution in [3.05, 3.63) is 39.9 Å². The summed E-state index contributed by atoms with van der Waals surface area (Å²) in [5.41, 5.74) is -1.10. The number of carbonyl (C=O) groups excluding carboxylic acids is 1. The Morgan fingerprint density at radius 2 is 1.88 bits per heavy atom. The highest BCUT2D eigenvalue weighted by atomic mass is 16.6. The number of nitrogens with one attached hydrogen (secondary N) is 1. The topological polar surface area (TPSA) is 110 Å². The number of rotatable bonds is 4. The summed E-state index contributed by atoms with van der Waals surface area (Å²) in [6.45, 7) is 0. The van der Waals surface area contributed by atoms with Crippen molar-refractivity contribution in [1.82, 2.24) is 5.32 Å². The molecular weight excluding hydrogens is 324 g/mol. The highest BCUT2D eigenvalue weighted by molar-refractivity contribution is 5.95. The van der Waals surface area contributed by atoms with Crippen LogP contribution in [0.3, 0.4) is 0 Å². The first-order valence-corrected chi connectivity index (χ1v) is 8.61. The Labute approximate surface area is 144 Å². The van der Waals surface area contributed by atoms with Crippen LogP contribution in [0.4, 0.5) is 5.69 Å². The average molecular weight is 344 g/mol. The van der Waals surface area contributed by atoms with Gasteiger partial charge in [0.15, 0.2) is 0 Å². The molecule has 4 saturated carbocycles. The van der Waals surface area contributed by atoms with E-state index in [9.17, 15) is 24.8 Å². The van der Waals surface area contributed by atoms with Gasteiger partial charge in [0, 0.05) is 23.2 Å². The Morgan fingerprint density at radius 3 is 2.48 bits per heavy atom. The Kier molecular flexibility index (Phi) is 3.39. The van der Waals surface area contributed by atoms with Gasteiger partial charge in [-0.3, -0.25) is 19.7 Å². The van der Waals surface area contributed by atoms with E-state index in [2.05, 4.69) is 5.32 Å². The first-order chi connectivity index (χ1) is 11.8. The normalized spacial score (nSPS) is 35.4. The Morgan fingerprint density at radius 1 is 1.20 bits per heavy atom. The second-order valence-electron chi connectivity index (χ2n) is 8.09. The predicted octanol–water partition coefficient (Wildman–Crippen LogP) is 2.75. The zero-order chi connectivity index (χ0) is 17.8. The molecule has 0 heterocycles. The predicted molar refractivity (Wildman–Crippen MR) is 88.0 cm³/mol. The van der Waals surface area contributed by atoms with Crippen LogP contribution in [-0.4, -0.2) is 27.4 Å². The van der Waals surface area contributed by atoms with Gasteiger partial charge in [-0.15, -0.1) is 0 Å². The van der Waals surface area contributed by atoms with Gasteiger partial charge in [-0.25, -0.2) is 0 Å². The van der Waals surface area contributed by atoms with Gasteiger partial charge >= 0.3 is 5.97 Å². The number of carboxylic acids is 1. The minimum Gasteiger partial charge on any atom is -0.481 e. The molecule has 0 aliphatic heterocycles. The third-order valence-corrected chi connectivity index (χ3v) is 6.21. The Balaban J connectivity index is 1.60. The SMILES string of the molecule is O=C(NC12CC3CC(C1)CC(C(=O)O)(C3)C2)c1cccc([N+](=O)[O-])c1. The van der Waals surface area contributed by atoms with Crippen LogP contribution in [0.25, 0.3) is 0 Å². The van der Waals surface area contributed by atoms with E-state index in [1.807, 2.05) is 0 Å². The molecule has 2 atom stereocenters. The van der Waals surface area contributed by atoms with Crippen LogP contribution in [0, 0.1) is 27.4 Å². The van der Waals surface area contributed by atoms with E-state index in [1.165, 1.54) is 18.2 Å². The molecule has 2 N–H and O–H groups in total. The smallest absolute Gasteiger partial charge is 0.309 e. The number of hydrogen-bond acceptors (Lipinski definition) is 4. The van der Waals surface area contributed by atoms with Gasteiger partial charge in [0.25, 0.3) is 11.6 Å². The maximum absolute atomic E-state index is 12.7. The van der Waals surface area contributed by atoms with Crippen molar-refractivity contribution < 1.29 is 19.6 Å². The van der Waals surface area contributed by atoms with Crippen LogP contribution in [0.1, 0.15) is 48.9 Å². The molecule has 0 radical (unpaired) electrons. The van der Waals surface area contributed by atoms with Crippen molar-refractivity contribution in [2.75, 3.05) is 0 Å². The van der Waals surface area contributed by atoms with Gasteiger partial charge < -0.3 is 10.4 Å². The molecule has 132 valence electrons. The average Bonchev–Trinajstić information content (AvgIpc) is 2.53. The lowest BCUT2D eigenvalue weighted by Crippen LogP contribution is -2.64. The summed E-state index contributed by atoms with van der Waals surface area (Å²) in [6, 6.07) is 5.66. The fourth-order valence-corrected chi connectivity index (χ4v) is 5.73. The van der Waals surface area contributed by atoms with Crippen molar-refractivity contribution in [2.24, 2.45) is 17.3 Å². The van der Waals surface area contributed by atoms with E-state index >= 15 is 0 Å². The number of non-ortho nitro benzene ring substituents is 1.